The lowest BCUT2D eigenvalue weighted by atomic mass is 9.85. The minimum absolute atomic E-state index is 0. The first-order valence-electron chi connectivity index (χ1n) is 13.0. The highest BCUT2D eigenvalue weighted by atomic mass is 79.9. The Morgan fingerprint density at radius 2 is 1.45 bits per heavy atom. The average Bonchev–Trinajstić information content (AvgIpc) is 2.91. The van der Waals surface area contributed by atoms with Crippen LogP contribution in [0.1, 0.15) is 47.3 Å². The molecule has 3 nitrogen and oxygen atoms in total. The third-order valence-electron chi connectivity index (χ3n) is 6.96. The van der Waals surface area contributed by atoms with Crippen molar-refractivity contribution < 1.29 is 5.11 Å². The summed E-state index contributed by atoms with van der Waals surface area (Å²) >= 11 is 31.5. The first-order valence-corrected chi connectivity index (χ1v) is 16.1. The summed E-state index contributed by atoms with van der Waals surface area (Å²) in [5, 5.41) is 13.0. The highest BCUT2D eigenvalue weighted by Crippen LogP contribution is 2.38. The number of aliphatic hydroxyl groups is 1. The topological polar surface area (TPSA) is 26.7 Å². The Morgan fingerprint density at radius 3 is 2.07 bits per heavy atom. The van der Waals surface area contributed by atoms with Gasteiger partial charge in [-0.1, -0.05) is 116 Å². The molecule has 4 aromatic rings. The van der Waals surface area contributed by atoms with Crippen molar-refractivity contribution >= 4 is 78.3 Å². The highest BCUT2D eigenvalue weighted by Gasteiger charge is 2.27. The van der Waals surface area contributed by atoms with Gasteiger partial charge in [-0.05, 0) is 90.4 Å². The van der Waals surface area contributed by atoms with Crippen molar-refractivity contribution in [2.24, 2.45) is 0 Å². The number of halogens is 6. The number of rotatable bonds is 6. The van der Waals surface area contributed by atoms with E-state index in [0.29, 0.717) is 34.1 Å². The molecular formula is C33H34Br2Cl4N2O. The quantitative estimate of drug-likeness (QED) is 0.211. The number of nitrogens with zero attached hydrogens (tertiary/aromatic N) is 2. The van der Waals surface area contributed by atoms with Gasteiger partial charge in [-0.25, -0.2) is 0 Å². The van der Waals surface area contributed by atoms with Crippen LogP contribution in [0.5, 0.6) is 0 Å². The van der Waals surface area contributed by atoms with E-state index in [1.54, 1.807) is 6.07 Å². The summed E-state index contributed by atoms with van der Waals surface area (Å²) in [4.78, 5) is 4.33. The lowest BCUT2D eigenvalue weighted by molar-refractivity contribution is 0.124. The molecule has 0 radical (unpaired) electrons. The average molecular weight is 776 g/mol. The van der Waals surface area contributed by atoms with Crippen molar-refractivity contribution in [3.05, 3.63) is 136 Å². The van der Waals surface area contributed by atoms with Gasteiger partial charge < -0.3 is 10.0 Å². The van der Waals surface area contributed by atoms with Crippen LogP contribution in [-0.2, 0) is 13.1 Å². The van der Waals surface area contributed by atoms with Crippen molar-refractivity contribution in [1.82, 2.24) is 9.80 Å². The van der Waals surface area contributed by atoms with Gasteiger partial charge in [0.1, 0.15) is 0 Å². The standard InChI is InChI=1S/C16H16BrCl2NO.C16H14BrCl2N.CH4/c1-20(9-12-4-7-14(18)8-15(12)19)10-16(21)11-2-5-13(17)6-3-11;1-20-8-14(10-2-4-11(17)5-3-10)13-6-12(18)7-16(19)15(13)9-20;/h2-8,16,21H,9-10H2,1H3;2-7,14H,8-9H2,1H3;1H4. The maximum Gasteiger partial charge on any atom is 0.0916 e. The van der Waals surface area contributed by atoms with Crippen molar-refractivity contribution in [3.63, 3.8) is 0 Å². The molecular weight excluding hydrogens is 742 g/mol. The molecule has 5 rings (SSSR count). The molecule has 224 valence electrons. The van der Waals surface area contributed by atoms with Crippen LogP contribution in [0.15, 0.2) is 87.8 Å². The van der Waals surface area contributed by atoms with Gasteiger partial charge in [0.05, 0.1) is 6.10 Å². The van der Waals surface area contributed by atoms with Gasteiger partial charge in [0.15, 0.2) is 0 Å². The minimum atomic E-state index is -0.533. The number of benzene rings is 4. The Hall–Kier alpha value is -1.12. The normalized spacial score (nSPS) is 15.3. The summed E-state index contributed by atoms with van der Waals surface area (Å²) in [6.07, 6.45) is -0.533. The predicted octanol–water partition coefficient (Wildman–Crippen LogP) is 10.9. The lowest BCUT2D eigenvalue weighted by Gasteiger charge is -2.33. The molecule has 42 heavy (non-hydrogen) atoms. The Morgan fingerprint density at radius 1 is 0.857 bits per heavy atom. The lowest BCUT2D eigenvalue weighted by Crippen LogP contribution is -2.31. The Kier molecular flexibility index (Phi) is 13.7. The van der Waals surface area contributed by atoms with Gasteiger partial charge in [-0.3, -0.25) is 4.90 Å². The van der Waals surface area contributed by atoms with Crippen molar-refractivity contribution in [3.8, 4) is 0 Å². The van der Waals surface area contributed by atoms with E-state index in [4.69, 9.17) is 46.4 Å². The molecule has 4 aromatic carbocycles. The van der Waals surface area contributed by atoms with Gasteiger partial charge in [0.25, 0.3) is 0 Å². The second-order valence-corrected chi connectivity index (χ2v) is 13.8. The van der Waals surface area contributed by atoms with Crippen molar-refractivity contribution in [2.75, 3.05) is 27.2 Å². The molecule has 1 aliphatic heterocycles. The highest BCUT2D eigenvalue weighted by molar-refractivity contribution is 9.10. The Bertz CT molecular complexity index is 1470. The maximum atomic E-state index is 10.3. The van der Waals surface area contributed by atoms with E-state index >= 15 is 0 Å². The maximum absolute atomic E-state index is 10.3. The summed E-state index contributed by atoms with van der Waals surface area (Å²) < 4.78 is 2.09. The van der Waals surface area contributed by atoms with Crippen LogP contribution in [-0.4, -0.2) is 42.1 Å². The SMILES string of the molecule is C.CN(Cc1ccc(Cl)cc1Cl)CC(O)c1ccc(Br)cc1.CN1Cc2c(Cl)cc(Cl)cc2C(c2ccc(Br)cc2)C1. The van der Waals surface area contributed by atoms with Crippen molar-refractivity contribution in [1.29, 1.82) is 0 Å². The summed E-state index contributed by atoms with van der Waals surface area (Å²) in [5.74, 6) is 0.313. The summed E-state index contributed by atoms with van der Waals surface area (Å²) in [7, 11) is 4.08. The largest absolute Gasteiger partial charge is 0.387 e. The van der Waals surface area contributed by atoms with E-state index in [2.05, 4.69) is 74.1 Å². The second kappa shape index (κ2) is 16.3. The fraction of sp³-hybridized carbons (Fsp3) is 0.273. The van der Waals surface area contributed by atoms with Crippen LogP contribution < -0.4 is 0 Å². The second-order valence-electron chi connectivity index (χ2n) is 10.3. The minimum Gasteiger partial charge on any atom is -0.387 e. The zero-order valence-electron chi connectivity index (χ0n) is 22.6. The third kappa shape index (κ3) is 9.69. The van der Waals surface area contributed by atoms with Crippen LogP contribution in [0.4, 0.5) is 0 Å². The summed E-state index contributed by atoms with van der Waals surface area (Å²) in [6.45, 7) is 3.04. The Labute approximate surface area is 286 Å². The van der Waals surface area contributed by atoms with Crippen molar-refractivity contribution in [2.45, 2.75) is 32.5 Å². The molecule has 1 heterocycles. The molecule has 1 N–H and O–H groups in total. The summed E-state index contributed by atoms with van der Waals surface area (Å²) in [5.41, 5.74) is 5.62. The van der Waals surface area contributed by atoms with Gasteiger partial charge >= 0.3 is 0 Å². The van der Waals surface area contributed by atoms with Crippen LogP contribution in [0.25, 0.3) is 0 Å². The van der Waals surface area contributed by atoms with E-state index in [-0.39, 0.29) is 7.43 Å². The van der Waals surface area contributed by atoms with Gasteiger partial charge in [-0.2, -0.15) is 0 Å². The molecule has 0 bridgehead atoms. The molecule has 0 saturated carbocycles. The first kappa shape index (κ1) is 35.4. The third-order valence-corrected chi connectivity index (χ3v) is 9.16. The molecule has 0 spiro atoms. The number of hydrogen-bond donors (Lipinski definition) is 1. The molecule has 2 atom stereocenters. The van der Waals surface area contributed by atoms with Crippen LogP contribution >= 0.6 is 78.3 Å². The number of hydrogen-bond acceptors (Lipinski definition) is 3. The molecule has 1 aliphatic rings. The molecule has 0 aromatic heterocycles. The van der Waals surface area contributed by atoms with Crippen LogP contribution in [0.2, 0.25) is 20.1 Å². The van der Waals surface area contributed by atoms with E-state index < -0.39 is 6.10 Å². The van der Waals surface area contributed by atoms with Crippen LogP contribution in [0.3, 0.4) is 0 Å². The molecule has 2 unspecified atom stereocenters. The van der Waals surface area contributed by atoms with E-state index in [0.717, 1.165) is 38.2 Å². The predicted molar refractivity (Wildman–Crippen MR) is 187 cm³/mol. The monoisotopic (exact) mass is 772 g/mol. The number of likely N-dealkylation sites (N-methyl/N-ethyl adjacent to an activating group) is 2. The fourth-order valence-electron chi connectivity index (χ4n) is 4.92. The van der Waals surface area contributed by atoms with Gasteiger partial charge in [-0.15, -0.1) is 0 Å². The summed E-state index contributed by atoms with van der Waals surface area (Å²) in [6, 6.07) is 25.5. The molecule has 0 saturated heterocycles. The number of aliphatic hydroxyl groups excluding tert-OH is 1. The number of fused-ring (bicyclic) bond motifs is 1. The molecule has 0 amide bonds. The van der Waals surface area contributed by atoms with Gasteiger partial charge in [0.2, 0.25) is 0 Å². The van der Waals surface area contributed by atoms with E-state index in [1.165, 1.54) is 16.7 Å². The van der Waals surface area contributed by atoms with Crippen LogP contribution in [0, 0.1) is 0 Å². The first-order chi connectivity index (χ1) is 19.5. The van der Waals surface area contributed by atoms with E-state index in [1.807, 2.05) is 54.4 Å². The fourth-order valence-corrected chi connectivity index (χ4v) is 6.48. The molecule has 0 aliphatic carbocycles. The smallest absolute Gasteiger partial charge is 0.0916 e. The Balaban J connectivity index is 0.000000225. The van der Waals surface area contributed by atoms with Gasteiger partial charge in [0, 0.05) is 61.1 Å². The zero-order chi connectivity index (χ0) is 29.7. The molecule has 0 fully saturated rings. The molecule has 9 heteroatoms. The van der Waals surface area contributed by atoms with E-state index in [9.17, 15) is 5.11 Å². The zero-order valence-corrected chi connectivity index (χ0v) is 28.8.